The molecule has 0 heterocycles. The van der Waals surface area contributed by atoms with Gasteiger partial charge in [0.15, 0.2) is 0 Å². The summed E-state index contributed by atoms with van der Waals surface area (Å²) in [6, 6.07) is 0. The van der Waals surface area contributed by atoms with Crippen molar-refractivity contribution in [1.82, 2.24) is 0 Å². The number of carbonyl (C=O) groups excluding carboxylic acids is 1. The van der Waals surface area contributed by atoms with Gasteiger partial charge in [0.1, 0.15) is 6.10 Å². The third-order valence-electron chi connectivity index (χ3n) is 2.60. The summed E-state index contributed by atoms with van der Waals surface area (Å²) in [6.45, 7) is 8.38. The molecule has 0 spiro atoms. The van der Waals surface area contributed by atoms with Crippen LogP contribution < -0.4 is 29.6 Å². The van der Waals surface area contributed by atoms with E-state index in [-0.39, 0.29) is 36.0 Å². The van der Waals surface area contributed by atoms with E-state index in [9.17, 15) is 22.6 Å². The second kappa shape index (κ2) is 15.8. The van der Waals surface area contributed by atoms with Gasteiger partial charge in [0.05, 0.1) is 10.1 Å². The molecular weight excluding hydrogens is 347 g/mol. The van der Waals surface area contributed by atoms with Crippen LogP contribution in [-0.2, 0) is 24.4 Å². The van der Waals surface area contributed by atoms with Crippen LogP contribution in [0.25, 0.3) is 0 Å². The SMILES string of the molecule is C=CC(=O)OC(C)CCS(=O)(=O)[O-].CCCCC=C(C)C(=O)O.[Na+]. The quantitative estimate of drug-likeness (QED) is 0.186. The molecular formula is C15H25NaO7S. The van der Waals surface area contributed by atoms with Gasteiger partial charge in [0, 0.05) is 17.4 Å². The molecule has 0 aliphatic heterocycles. The summed E-state index contributed by atoms with van der Waals surface area (Å²) in [4.78, 5) is 20.8. The van der Waals surface area contributed by atoms with Gasteiger partial charge < -0.3 is 14.4 Å². The van der Waals surface area contributed by atoms with Crippen molar-refractivity contribution < 1.29 is 62.0 Å². The predicted octanol–water partition coefficient (Wildman–Crippen LogP) is -0.749. The summed E-state index contributed by atoms with van der Waals surface area (Å²) in [5.74, 6) is -1.97. The van der Waals surface area contributed by atoms with Crippen LogP contribution in [0.4, 0.5) is 0 Å². The smallest absolute Gasteiger partial charge is 0.748 e. The Labute approximate surface area is 166 Å². The molecule has 0 saturated carbocycles. The number of hydrogen-bond acceptors (Lipinski definition) is 6. The van der Waals surface area contributed by atoms with Crippen molar-refractivity contribution in [1.29, 1.82) is 0 Å². The van der Waals surface area contributed by atoms with Gasteiger partial charge in [-0.3, -0.25) is 0 Å². The fourth-order valence-corrected chi connectivity index (χ4v) is 1.85. The third-order valence-corrected chi connectivity index (χ3v) is 3.34. The summed E-state index contributed by atoms with van der Waals surface area (Å²) in [7, 11) is -4.23. The molecule has 0 bridgehead atoms. The first-order valence-electron chi connectivity index (χ1n) is 7.20. The summed E-state index contributed by atoms with van der Waals surface area (Å²) in [6.07, 6.45) is 5.23. The Morgan fingerprint density at radius 2 is 1.92 bits per heavy atom. The van der Waals surface area contributed by atoms with Crippen LogP contribution in [-0.4, -0.2) is 41.9 Å². The van der Waals surface area contributed by atoms with Crippen LogP contribution in [0.2, 0.25) is 0 Å². The molecule has 0 aromatic heterocycles. The molecule has 134 valence electrons. The van der Waals surface area contributed by atoms with E-state index >= 15 is 0 Å². The maximum absolute atomic E-state index is 10.6. The normalized spacial score (nSPS) is 12.1. The van der Waals surface area contributed by atoms with Crippen LogP contribution in [0.5, 0.6) is 0 Å². The number of carboxylic acids is 1. The Morgan fingerprint density at radius 1 is 1.38 bits per heavy atom. The summed E-state index contributed by atoms with van der Waals surface area (Å²) in [5, 5.41) is 8.41. The van der Waals surface area contributed by atoms with Crippen molar-refractivity contribution >= 4 is 22.1 Å². The Morgan fingerprint density at radius 3 is 2.29 bits per heavy atom. The number of hydrogen-bond donors (Lipinski definition) is 1. The Hall–Kier alpha value is -0.670. The van der Waals surface area contributed by atoms with E-state index in [1.54, 1.807) is 13.0 Å². The van der Waals surface area contributed by atoms with Crippen LogP contribution in [0.1, 0.15) is 46.5 Å². The number of carbonyl (C=O) groups is 2. The molecule has 1 unspecified atom stereocenters. The molecule has 0 aromatic rings. The monoisotopic (exact) mass is 372 g/mol. The van der Waals surface area contributed by atoms with Crippen LogP contribution in [0, 0.1) is 0 Å². The maximum Gasteiger partial charge on any atom is 1.00 e. The molecule has 1 N–H and O–H groups in total. The molecule has 0 radical (unpaired) electrons. The van der Waals surface area contributed by atoms with Crippen LogP contribution in [0.15, 0.2) is 24.3 Å². The molecule has 0 fully saturated rings. The van der Waals surface area contributed by atoms with Gasteiger partial charge in [-0.25, -0.2) is 18.0 Å². The molecule has 0 amide bonds. The average Bonchev–Trinajstić information content (AvgIpc) is 2.45. The van der Waals surface area contributed by atoms with Crippen molar-refractivity contribution in [2.75, 3.05) is 5.75 Å². The fraction of sp³-hybridized carbons (Fsp3) is 0.600. The van der Waals surface area contributed by atoms with Crippen molar-refractivity contribution in [3.05, 3.63) is 24.3 Å². The van der Waals surface area contributed by atoms with Gasteiger partial charge >= 0.3 is 41.5 Å². The van der Waals surface area contributed by atoms with Crippen LogP contribution >= 0.6 is 0 Å². The average molecular weight is 372 g/mol. The number of allylic oxidation sites excluding steroid dienone is 1. The number of ether oxygens (including phenoxy) is 1. The van der Waals surface area contributed by atoms with E-state index < -0.39 is 33.9 Å². The fourth-order valence-electron chi connectivity index (χ4n) is 1.23. The largest absolute Gasteiger partial charge is 1.00 e. The zero-order valence-corrected chi connectivity index (χ0v) is 17.6. The Kier molecular flexibility index (Phi) is 18.6. The number of carboxylic acid groups (broad SMARTS) is 1. The molecule has 0 aliphatic rings. The minimum absolute atomic E-state index is 0. The molecule has 0 saturated heterocycles. The van der Waals surface area contributed by atoms with E-state index in [1.165, 1.54) is 6.92 Å². The number of unbranched alkanes of at least 4 members (excludes halogenated alkanes) is 2. The van der Waals surface area contributed by atoms with Crippen LogP contribution in [0.3, 0.4) is 0 Å². The van der Waals surface area contributed by atoms with Gasteiger partial charge in [0.2, 0.25) is 0 Å². The molecule has 1 atom stereocenters. The second-order valence-electron chi connectivity index (χ2n) is 4.84. The Balaban J connectivity index is -0.000000364. The zero-order valence-electron chi connectivity index (χ0n) is 14.8. The second-order valence-corrected chi connectivity index (χ2v) is 6.36. The summed E-state index contributed by atoms with van der Waals surface area (Å²) >= 11 is 0. The standard InChI is InChI=1S/C8H14O2.C7H12O5S.Na/c1-3-4-5-6-7(2)8(9)10;1-3-7(8)12-6(2)4-5-13(9,10)11;/h6H,3-5H2,1-2H3,(H,9,10);3,6H,1,4-5H2,2H3,(H,9,10,11);/q;;+1/p-1. The molecule has 7 nitrogen and oxygen atoms in total. The first-order chi connectivity index (χ1) is 10.5. The molecule has 0 aromatic carbocycles. The first kappa shape index (κ1) is 28.1. The Bertz CT molecular complexity index is 512. The van der Waals surface area contributed by atoms with E-state index in [0.29, 0.717) is 5.57 Å². The molecule has 0 rings (SSSR count). The maximum atomic E-state index is 10.6. The van der Waals surface area contributed by atoms with Gasteiger partial charge in [-0.15, -0.1) is 0 Å². The van der Waals surface area contributed by atoms with Crippen molar-refractivity contribution in [3.63, 3.8) is 0 Å². The number of rotatable bonds is 9. The van der Waals surface area contributed by atoms with Gasteiger partial charge in [0.25, 0.3) is 0 Å². The van der Waals surface area contributed by atoms with E-state index in [4.69, 9.17) is 5.11 Å². The zero-order chi connectivity index (χ0) is 18.5. The van der Waals surface area contributed by atoms with E-state index in [2.05, 4.69) is 18.2 Å². The number of aliphatic carboxylic acids is 1. The van der Waals surface area contributed by atoms with Crippen molar-refractivity contribution in [2.24, 2.45) is 0 Å². The van der Waals surface area contributed by atoms with Crippen molar-refractivity contribution in [3.8, 4) is 0 Å². The number of esters is 1. The topological polar surface area (TPSA) is 121 Å². The molecule has 0 aliphatic carbocycles. The third kappa shape index (κ3) is 21.3. The van der Waals surface area contributed by atoms with Crippen molar-refractivity contribution in [2.45, 2.75) is 52.6 Å². The summed E-state index contributed by atoms with van der Waals surface area (Å²) < 4.78 is 35.2. The van der Waals surface area contributed by atoms with Gasteiger partial charge in [-0.1, -0.05) is 32.4 Å². The van der Waals surface area contributed by atoms with E-state index in [1.807, 2.05) is 0 Å². The minimum atomic E-state index is -4.23. The first-order valence-corrected chi connectivity index (χ1v) is 8.77. The molecule has 9 heteroatoms. The van der Waals surface area contributed by atoms with Gasteiger partial charge in [-0.05, 0) is 26.7 Å². The van der Waals surface area contributed by atoms with Gasteiger partial charge in [-0.2, -0.15) is 0 Å². The minimum Gasteiger partial charge on any atom is -0.748 e. The predicted molar refractivity (Wildman–Crippen MR) is 85.9 cm³/mol. The van der Waals surface area contributed by atoms with E-state index in [0.717, 1.165) is 25.3 Å². The molecule has 24 heavy (non-hydrogen) atoms. The summed E-state index contributed by atoms with van der Waals surface area (Å²) in [5.41, 5.74) is 0.452.